The Morgan fingerprint density at radius 3 is 2.62 bits per heavy atom. The van der Waals surface area contributed by atoms with Gasteiger partial charge in [0.25, 0.3) is 11.5 Å². The van der Waals surface area contributed by atoms with Gasteiger partial charge in [0.05, 0.1) is 10.3 Å². The normalized spacial score (nSPS) is 11.2. The first kappa shape index (κ1) is 19.9. The first-order valence-corrected chi connectivity index (χ1v) is 10.7. The molecule has 5 rings (SSSR count). The molecule has 5 aromatic rings. The average molecular weight is 443 g/mol. The molecule has 7 nitrogen and oxygen atoms in total. The van der Waals surface area contributed by atoms with E-state index >= 15 is 0 Å². The van der Waals surface area contributed by atoms with Gasteiger partial charge >= 0.3 is 5.63 Å². The summed E-state index contributed by atoms with van der Waals surface area (Å²) in [6.45, 7) is 3.62. The van der Waals surface area contributed by atoms with Crippen molar-refractivity contribution in [2.45, 2.75) is 13.8 Å². The topological polar surface area (TPSA) is 105 Å². The second-order valence-corrected chi connectivity index (χ2v) is 8.40. The molecule has 8 heteroatoms. The zero-order valence-corrected chi connectivity index (χ0v) is 18.0. The molecule has 0 atom stereocenters. The molecule has 3 aromatic heterocycles. The highest BCUT2D eigenvalue weighted by atomic mass is 32.1. The molecule has 0 saturated heterocycles. The van der Waals surface area contributed by atoms with Gasteiger partial charge in [0.15, 0.2) is 0 Å². The van der Waals surface area contributed by atoms with Crippen molar-refractivity contribution >= 4 is 44.1 Å². The number of rotatable bonds is 3. The van der Waals surface area contributed by atoms with Crippen LogP contribution in [-0.2, 0) is 0 Å². The summed E-state index contributed by atoms with van der Waals surface area (Å²) in [5.41, 5.74) is 1.76. The predicted octanol–water partition coefficient (Wildman–Crippen LogP) is 4.63. The van der Waals surface area contributed by atoms with Crippen LogP contribution < -0.4 is 16.5 Å². The molecule has 3 heterocycles. The molecule has 1 amide bonds. The lowest BCUT2D eigenvalue weighted by Crippen LogP contribution is -2.14. The SMILES string of the molecule is Cc1ccccc1NC(=O)c1sc2nc(-c3cc4ccccc4oc3=O)[nH]c(=O)c2c1C. The van der Waals surface area contributed by atoms with Crippen LogP contribution in [0, 0.1) is 13.8 Å². The van der Waals surface area contributed by atoms with Crippen molar-refractivity contribution in [1.29, 1.82) is 0 Å². The third-order valence-corrected chi connectivity index (χ3v) is 6.48. The van der Waals surface area contributed by atoms with Crippen LogP contribution in [0.4, 0.5) is 5.69 Å². The van der Waals surface area contributed by atoms with Crippen LogP contribution in [-0.4, -0.2) is 15.9 Å². The summed E-state index contributed by atoms with van der Waals surface area (Å²) >= 11 is 1.11. The molecule has 0 saturated carbocycles. The molecule has 0 spiro atoms. The molecule has 32 heavy (non-hydrogen) atoms. The second-order valence-electron chi connectivity index (χ2n) is 7.41. The minimum absolute atomic E-state index is 0.106. The smallest absolute Gasteiger partial charge is 0.347 e. The van der Waals surface area contributed by atoms with Crippen LogP contribution in [0.15, 0.2) is 68.6 Å². The van der Waals surface area contributed by atoms with Gasteiger partial charge < -0.3 is 14.7 Å². The van der Waals surface area contributed by atoms with E-state index in [9.17, 15) is 14.4 Å². The summed E-state index contributed by atoms with van der Waals surface area (Å²) in [4.78, 5) is 46.2. The molecule has 0 aliphatic heterocycles. The Balaban J connectivity index is 1.61. The molecule has 0 aliphatic carbocycles. The molecule has 0 unspecified atom stereocenters. The van der Waals surface area contributed by atoms with Crippen LogP contribution in [0.3, 0.4) is 0 Å². The van der Waals surface area contributed by atoms with Crippen LogP contribution in [0.1, 0.15) is 20.8 Å². The molecule has 2 aromatic carbocycles. The number of carbonyl (C=O) groups excluding carboxylic acids is 1. The number of anilines is 1. The first-order valence-electron chi connectivity index (χ1n) is 9.86. The second kappa shape index (κ2) is 7.58. The molecule has 158 valence electrons. The van der Waals surface area contributed by atoms with E-state index in [2.05, 4.69) is 15.3 Å². The molecule has 2 N–H and O–H groups in total. The highest BCUT2D eigenvalue weighted by Crippen LogP contribution is 2.29. The standard InChI is InChI=1S/C24H17N3O4S/c1-12-7-3-5-9-16(12)25-22(29)19-13(2)18-21(28)26-20(27-23(18)32-19)15-11-14-8-4-6-10-17(14)31-24(15)30/h3-11H,1-2H3,(H,25,29)(H,26,27,28). The third kappa shape index (κ3) is 3.30. The number of H-pyrrole nitrogens is 1. The van der Waals surface area contributed by atoms with Crippen molar-refractivity contribution in [2.75, 3.05) is 5.32 Å². The van der Waals surface area contributed by atoms with Crippen molar-refractivity contribution in [3.8, 4) is 11.4 Å². The van der Waals surface area contributed by atoms with Gasteiger partial charge in [0, 0.05) is 11.1 Å². The predicted molar refractivity (Wildman–Crippen MR) is 126 cm³/mol. The number of thiophene rings is 1. The highest BCUT2D eigenvalue weighted by Gasteiger charge is 2.21. The zero-order valence-electron chi connectivity index (χ0n) is 17.2. The molecule has 0 fully saturated rings. The lowest BCUT2D eigenvalue weighted by Gasteiger charge is -2.07. The number of aromatic amines is 1. The quantitative estimate of drug-likeness (QED) is 0.396. The number of fused-ring (bicyclic) bond motifs is 2. The average Bonchev–Trinajstić information content (AvgIpc) is 3.11. The van der Waals surface area contributed by atoms with E-state index in [1.54, 1.807) is 25.1 Å². The van der Waals surface area contributed by atoms with Crippen LogP contribution in [0.5, 0.6) is 0 Å². The number of nitrogens with zero attached hydrogens (tertiary/aromatic N) is 1. The van der Waals surface area contributed by atoms with Crippen molar-refractivity contribution in [3.63, 3.8) is 0 Å². The zero-order chi connectivity index (χ0) is 22.4. The van der Waals surface area contributed by atoms with E-state index in [0.717, 1.165) is 16.9 Å². The number of benzene rings is 2. The van der Waals surface area contributed by atoms with Gasteiger partial charge in [0.2, 0.25) is 0 Å². The Bertz CT molecular complexity index is 1650. The van der Waals surface area contributed by atoms with Crippen LogP contribution in [0.2, 0.25) is 0 Å². The van der Waals surface area contributed by atoms with Crippen molar-refractivity contribution < 1.29 is 9.21 Å². The summed E-state index contributed by atoms with van der Waals surface area (Å²) in [5, 5.41) is 3.94. The molecule has 0 aliphatic rings. The number of carbonyl (C=O) groups is 1. The van der Waals surface area contributed by atoms with E-state index in [1.807, 2.05) is 43.3 Å². The summed E-state index contributed by atoms with van der Waals surface area (Å²) in [6, 6.07) is 16.2. The molecule has 0 bridgehead atoms. The Kier molecular flexibility index (Phi) is 4.71. The van der Waals surface area contributed by atoms with Gasteiger partial charge in [0.1, 0.15) is 21.8 Å². The largest absolute Gasteiger partial charge is 0.422 e. The van der Waals surface area contributed by atoms with Crippen molar-refractivity contribution in [1.82, 2.24) is 9.97 Å². The van der Waals surface area contributed by atoms with Gasteiger partial charge in [-0.3, -0.25) is 9.59 Å². The van der Waals surface area contributed by atoms with Crippen molar-refractivity contribution in [3.05, 3.63) is 91.4 Å². The summed E-state index contributed by atoms with van der Waals surface area (Å²) in [7, 11) is 0. The number of amides is 1. The number of nitrogens with one attached hydrogen (secondary N) is 2. The fraction of sp³-hybridized carbons (Fsp3) is 0.0833. The molecule has 0 radical (unpaired) electrons. The maximum atomic E-state index is 12.9. The lowest BCUT2D eigenvalue weighted by molar-refractivity contribution is 0.103. The summed E-state index contributed by atoms with van der Waals surface area (Å²) < 4.78 is 5.37. The van der Waals surface area contributed by atoms with Crippen molar-refractivity contribution in [2.24, 2.45) is 0 Å². The van der Waals surface area contributed by atoms with E-state index in [1.165, 1.54) is 0 Å². The Hall–Kier alpha value is -4.04. The van der Waals surface area contributed by atoms with Gasteiger partial charge in [-0.25, -0.2) is 9.78 Å². The van der Waals surface area contributed by atoms with Crippen LogP contribution >= 0.6 is 11.3 Å². The fourth-order valence-corrected chi connectivity index (χ4v) is 4.68. The third-order valence-electron chi connectivity index (χ3n) is 5.30. The maximum Gasteiger partial charge on any atom is 0.347 e. The lowest BCUT2D eigenvalue weighted by atomic mass is 10.1. The maximum absolute atomic E-state index is 12.9. The number of aryl methyl sites for hydroxylation is 2. The minimum Gasteiger partial charge on any atom is -0.422 e. The van der Waals surface area contributed by atoms with Gasteiger partial charge in [-0.15, -0.1) is 11.3 Å². The minimum atomic E-state index is -0.600. The van der Waals surface area contributed by atoms with E-state index in [0.29, 0.717) is 37.3 Å². The monoisotopic (exact) mass is 443 g/mol. The highest BCUT2D eigenvalue weighted by molar-refractivity contribution is 7.20. The van der Waals surface area contributed by atoms with Gasteiger partial charge in [-0.1, -0.05) is 36.4 Å². The molecular weight excluding hydrogens is 426 g/mol. The Morgan fingerprint density at radius 2 is 1.81 bits per heavy atom. The first-order chi connectivity index (χ1) is 15.4. The van der Waals surface area contributed by atoms with Gasteiger partial charge in [-0.05, 0) is 43.2 Å². The van der Waals surface area contributed by atoms with Gasteiger partial charge in [-0.2, -0.15) is 0 Å². The molecular formula is C24H17N3O4S. The Morgan fingerprint density at radius 1 is 1.06 bits per heavy atom. The summed E-state index contributed by atoms with van der Waals surface area (Å²) in [6.07, 6.45) is 0. The Labute approximate surface area is 185 Å². The number of hydrogen-bond acceptors (Lipinski definition) is 6. The summed E-state index contributed by atoms with van der Waals surface area (Å²) in [5.74, 6) is -0.208. The number of aromatic nitrogens is 2. The fourth-order valence-electron chi connectivity index (χ4n) is 3.61. The number of para-hydroxylation sites is 2. The van der Waals surface area contributed by atoms with E-state index in [-0.39, 0.29) is 17.3 Å². The van der Waals surface area contributed by atoms with Crippen LogP contribution in [0.25, 0.3) is 32.6 Å². The number of hydrogen-bond donors (Lipinski definition) is 2. The van der Waals surface area contributed by atoms with E-state index < -0.39 is 11.2 Å². The van der Waals surface area contributed by atoms with E-state index in [4.69, 9.17) is 4.42 Å².